The van der Waals surface area contributed by atoms with E-state index in [9.17, 15) is 22.8 Å². The van der Waals surface area contributed by atoms with Crippen LogP contribution in [0.5, 0.6) is 5.75 Å². The molecule has 0 unspecified atom stereocenters. The number of thiazole rings is 1. The second-order valence-electron chi connectivity index (χ2n) is 9.45. The van der Waals surface area contributed by atoms with Gasteiger partial charge in [0.1, 0.15) is 12.4 Å². The zero-order chi connectivity index (χ0) is 32.6. The first-order valence-electron chi connectivity index (χ1n) is 12.9. The van der Waals surface area contributed by atoms with Crippen molar-refractivity contribution in [2.45, 2.75) is 25.7 Å². The quantitative estimate of drug-likeness (QED) is 0.139. The molecule has 1 aliphatic heterocycles. The van der Waals surface area contributed by atoms with Crippen molar-refractivity contribution in [1.82, 2.24) is 4.57 Å². The van der Waals surface area contributed by atoms with E-state index < -0.39 is 35.0 Å². The molecule has 0 bridgehead atoms. The Hall–Kier alpha value is -2.11. The van der Waals surface area contributed by atoms with Crippen LogP contribution in [0.4, 0.5) is 13.2 Å². The zero-order valence-electron chi connectivity index (χ0n) is 22.7. The van der Waals surface area contributed by atoms with Crippen LogP contribution in [0.2, 0.25) is 15.1 Å². The molecule has 2 heterocycles. The van der Waals surface area contributed by atoms with Gasteiger partial charge in [-0.15, -0.1) is 0 Å². The Labute approximate surface area is 300 Å². The molecule has 4 aromatic rings. The number of aromatic nitrogens is 1. The highest BCUT2D eigenvalue weighted by Crippen LogP contribution is 2.39. The number of carbonyl (C=O) groups excluding carboxylic acids is 1. The van der Waals surface area contributed by atoms with Gasteiger partial charge in [0.25, 0.3) is 5.56 Å². The molecule has 15 heteroatoms. The Morgan fingerprint density at radius 1 is 1.07 bits per heavy atom. The lowest BCUT2D eigenvalue weighted by Crippen LogP contribution is -2.41. The molecule has 0 amide bonds. The third kappa shape index (κ3) is 7.40. The van der Waals surface area contributed by atoms with Crippen LogP contribution in [-0.2, 0) is 16.1 Å². The minimum Gasteiger partial charge on any atom is -0.487 e. The molecule has 234 valence electrons. The molecule has 3 aromatic carbocycles. The molecule has 1 aliphatic rings. The third-order valence-electron chi connectivity index (χ3n) is 6.49. The van der Waals surface area contributed by atoms with E-state index >= 15 is 0 Å². The average Bonchev–Trinajstić information content (AvgIpc) is 3.27. The van der Waals surface area contributed by atoms with E-state index in [-0.39, 0.29) is 28.1 Å². The van der Waals surface area contributed by atoms with Crippen molar-refractivity contribution in [3.05, 3.63) is 124 Å². The van der Waals surface area contributed by atoms with Crippen LogP contribution < -0.4 is 19.6 Å². The van der Waals surface area contributed by atoms with Crippen molar-refractivity contribution in [2.24, 2.45) is 4.99 Å². The Morgan fingerprint density at radius 2 is 1.76 bits per heavy atom. The summed E-state index contributed by atoms with van der Waals surface area (Å²) in [5.41, 5.74) is -1.47. The van der Waals surface area contributed by atoms with E-state index in [0.717, 1.165) is 23.0 Å². The van der Waals surface area contributed by atoms with E-state index in [1.54, 1.807) is 24.3 Å². The number of ether oxygens (including phenoxy) is 2. The molecule has 0 aliphatic carbocycles. The van der Waals surface area contributed by atoms with Gasteiger partial charge in [-0.1, -0.05) is 64.3 Å². The van der Waals surface area contributed by atoms with Crippen molar-refractivity contribution in [3.8, 4) is 5.75 Å². The van der Waals surface area contributed by atoms with E-state index in [2.05, 4.69) is 50.2 Å². The molecule has 5 rings (SSSR count). The maximum atomic E-state index is 14.4. The maximum absolute atomic E-state index is 14.4. The molecule has 0 spiro atoms. The summed E-state index contributed by atoms with van der Waals surface area (Å²) in [5.74, 6) is -0.795. The number of hydrogen-bond acceptors (Lipinski definition) is 6. The molecular weight excluding hydrogens is 902 g/mol. The number of hydrogen-bond donors (Lipinski definition) is 0. The molecule has 0 radical (unpaired) electrons. The van der Waals surface area contributed by atoms with Crippen molar-refractivity contribution in [3.63, 3.8) is 0 Å². The van der Waals surface area contributed by atoms with Gasteiger partial charge in [-0.3, -0.25) is 9.36 Å². The van der Waals surface area contributed by atoms with Crippen LogP contribution >= 0.6 is 91.3 Å². The summed E-state index contributed by atoms with van der Waals surface area (Å²) in [7, 11) is 0. The number of esters is 1. The largest absolute Gasteiger partial charge is 0.487 e. The summed E-state index contributed by atoms with van der Waals surface area (Å²) < 4.78 is 57.1. The minimum atomic E-state index is -5.02. The molecule has 0 N–H and O–H groups in total. The van der Waals surface area contributed by atoms with Crippen molar-refractivity contribution in [2.75, 3.05) is 6.61 Å². The first kappa shape index (κ1) is 34.2. The van der Waals surface area contributed by atoms with Crippen LogP contribution in [0.3, 0.4) is 0 Å². The molecule has 0 fully saturated rings. The first-order valence-corrected chi connectivity index (χ1v) is 17.0. The highest BCUT2D eigenvalue weighted by atomic mass is 127. The lowest BCUT2D eigenvalue weighted by atomic mass is 9.95. The van der Waals surface area contributed by atoms with E-state index in [1.165, 1.54) is 37.3 Å². The highest BCUT2D eigenvalue weighted by molar-refractivity contribution is 14.1. The smallest absolute Gasteiger partial charge is 0.434 e. The van der Waals surface area contributed by atoms with E-state index in [1.807, 2.05) is 6.07 Å². The van der Waals surface area contributed by atoms with Gasteiger partial charge in [-0.05, 0) is 100 Å². The predicted molar refractivity (Wildman–Crippen MR) is 185 cm³/mol. The molecule has 1 aromatic heterocycles. The van der Waals surface area contributed by atoms with Gasteiger partial charge in [-0.2, -0.15) is 13.2 Å². The zero-order valence-corrected chi connectivity index (χ0v) is 30.1. The summed E-state index contributed by atoms with van der Waals surface area (Å²) >= 11 is 23.4. The summed E-state index contributed by atoms with van der Waals surface area (Å²) in [6.07, 6.45) is -3.48. The van der Waals surface area contributed by atoms with E-state index in [4.69, 9.17) is 44.3 Å². The van der Waals surface area contributed by atoms with E-state index in [0.29, 0.717) is 31.9 Å². The highest BCUT2D eigenvalue weighted by Gasteiger charge is 2.45. The van der Waals surface area contributed by atoms with Crippen LogP contribution in [0.1, 0.15) is 29.7 Å². The molecule has 6 nitrogen and oxygen atoms in total. The fraction of sp³-hybridized carbons (Fsp3) is 0.167. The van der Waals surface area contributed by atoms with Gasteiger partial charge in [-0.25, -0.2) is 9.79 Å². The lowest BCUT2D eigenvalue weighted by molar-refractivity contribution is -0.140. The molecular formula is C30H18Cl3F3I2N2O4S. The fourth-order valence-corrected chi connectivity index (χ4v) is 8.20. The maximum Gasteiger partial charge on any atom is 0.434 e. The monoisotopic (exact) mass is 918 g/mol. The number of rotatable bonds is 7. The van der Waals surface area contributed by atoms with Gasteiger partial charge in [0.15, 0.2) is 10.5 Å². The number of nitrogens with zero attached hydrogens (tertiary/aromatic N) is 2. The van der Waals surface area contributed by atoms with Gasteiger partial charge in [0.2, 0.25) is 0 Å². The topological polar surface area (TPSA) is 69.9 Å². The minimum absolute atomic E-state index is 0.0755. The second kappa shape index (κ2) is 13.9. The number of fused-ring (bicyclic) bond motifs is 1. The predicted octanol–water partition coefficient (Wildman–Crippen LogP) is 8.09. The lowest BCUT2D eigenvalue weighted by Gasteiger charge is -2.26. The number of carbonyl (C=O) groups is 1. The van der Waals surface area contributed by atoms with Gasteiger partial charge < -0.3 is 9.47 Å². The summed E-state index contributed by atoms with van der Waals surface area (Å²) in [6.45, 7) is 1.38. The number of benzene rings is 3. The SMILES string of the molecule is CCOC(=O)C1=C(C(F)(F)F)N=c2s/c(=C\c3cc(I)cc(I)c3OCc3ccc(Cl)cc3Cl)c(=O)n2[C@H]1c1ccc(Cl)cc1. The van der Waals surface area contributed by atoms with Crippen LogP contribution in [-0.4, -0.2) is 23.3 Å². The third-order valence-corrected chi connectivity index (χ3v) is 9.74. The van der Waals surface area contributed by atoms with Crippen LogP contribution in [0.25, 0.3) is 6.08 Å². The Morgan fingerprint density at radius 3 is 2.40 bits per heavy atom. The summed E-state index contributed by atoms with van der Waals surface area (Å²) in [5, 5.41) is 1.21. The first-order chi connectivity index (χ1) is 21.3. The average molecular weight is 920 g/mol. The Balaban J connectivity index is 1.71. The number of alkyl halides is 3. The normalized spacial score (nSPS) is 15.1. The second-order valence-corrected chi connectivity index (χ2v) is 14.1. The Kier molecular flexibility index (Phi) is 10.6. The van der Waals surface area contributed by atoms with Gasteiger partial charge in [0, 0.05) is 29.8 Å². The molecule has 45 heavy (non-hydrogen) atoms. The molecule has 0 saturated carbocycles. The van der Waals surface area contributed by atoms with Crippen molar-refractivity contribution in [1.29, 1.82) is 0 Å². The van der Waals surface area contributed by atoms with Gasteiger partial charge >= 0.3 is 12.1 Å². The van der Waals surface area contributed by atoms with Crippen molar-refractivity contribution >= 4 is 103 Å². The van der Waals surface area contributed by atoms with Crippen molar-refractivity contribution < 1.29 is 27.4 Å². The molecule has 0 saturated heterocycles. The number of allylic oxidation sites excluding steroid dienone is 1. The standard InChI is InChI=1S/C30H18Cl3F3I2N2O4S/c1-2-43-28(42)23-24(14-3-6-17(31)7-4-14)40-27(41)22(45-29(40)39-26(23)30(34,35)36)10-16-9-19(37)12-21(38)25(16)44-13-15-5-8-18(32)11-20(15)33/h3-12,24H,2,13H2,1H3/b22-10-/t24-/m0/s1. The summed E-state index contributed by atoms with van der Waals surface area (Å²) in [6, 6.07) is 13.0. The molecule has 1 atom stereocenters. The van der Waals surface area contributed by atoms with Gasteiger partial charge in [0.05, 0.1) is 26.3 Å². The fourth-order valence-electron chi connectivity index (χ4n) is 4.57. The van der Waals surface area contributed by atoms with Crippen LogP contribution in [0.15, 0.2) is 75.7 Å². The summed E-state index contributed by atoms with van der Waals surface area (Å²) in [4.78, 5) is 30.6. The van der Waals surface area contributed by atoms with Crippen LogP contribution in [0, 0.1) is 7.14 Å². The number of halogens is 8. The Bertz CT molecular complexity index is 2030.